The Balaban J connectivity index is 1.74. The van der Waals surface area contributed by atoms with Crippen LogP contribution >= 0.6 is 0 Å². The van der Waals surface area contributed by atoms with Gasteiger partial charge in [0.1, 0.15) is 5.75 Å². The molecule has 0 aliphatic heterocycles. The molecule has 2 rings (SSSR count). The van der Waals surface area contributed by atoms with E-state index in [-0.39, 0.29) is 5.78 Å². The number of hydrogen-bond donors (Lipinski definition) is 1. The molecule has 20 heavy (non-hydrogen) atoms. The van der Waals surface area contributed by atoms with Crippen LogP contribution < -0.4 is 10.1 Å². The average Bonchev–Trinajstić information content (AvgIpc) is 2.52. The van der Waals surface area contributed by atoms with Crippen molar-refractivity contribution in [2.75, 3.05) is 20.2 Å². The van der Waals surface area contributed by atoms with Gasteiger partial charge in [0, 0.05) is 5.56 Å². The molecule has 0 heterocycles. The quantitative estimate of drug-likeness (QED) is 0.620. The second-order valence-corrected chi connectivity index (χ2v) is 4.56. The van der Waals surface area contributed by atoms with Gasteiger partial charge in [-0.25, -0.2) is 0 Å². The second-order valence-electron chi connectivity index (χ2n) is 4.56. The van der Waals surface area contributed by atoms with Crippen molar-refractivity contribution in [2.45, 2.75) is 6.42 Å². The number of methoxy groups -OCH3 is 1. The molecule has 0 aliphatic carbocycles. The maximum absolute atomic E-state index is 12.0. The first-order valence-corrected chi connectivity index (χ1v) is 6.71. The molecular formula is C17H19NO2. The summed E-state index contributed by atoms with van der Waals surface area (Å²) in [4.78, 5) is 12.0. The summed E-state index contributed by atoms with van der Waals surface area (Å²) < 4.78 is 5.07. The number of carbonyl (C=O) groups excluding carboxylic acids is 1. The van der Waals surface area contributed by atoms with E-state index in [1.807, 2.05) is 18.2 Å². The fraction of sp³-hybridized carbons (Fsp3) is 0.235. The Bertz CT molecular complexity index is 535. The fourth-order valence-corrected chi connectivity index (χ4v) is 1.96. The van der Waals surface area contributed by atoms with Gasteiger partial charge in [-0.3, -0.25) is 4.79 Å². The van der Waals surface area contributed by atoms with Crippen LogP contribution in [0.1, 0.15) is 15.9 Å². The summed E-state index contributed by atoms with van der Waals surface area (Å²) in [6.07, 6.45) is 0.927. The monoisotopic (exact) mass is 269 g/mol. The average molecular weight is 269 g/mol. The number of ether oxygens (including phenoxy) is 1. The molecule has 0 aliphatic rings. The number of rotatable bonds is 7. The van der Waals surface area contributed by atoms with Crippen LogP contribution in [0.4, 0.5) is 0 Å². The van der Waals surface area contributed by atoms with Crippen LogP contribution in [0.3, 0.4) is 0 Å². The molecule has 2 aromatic carbocycles. The van der Waals surface area contributed by atoms with E-state index in [1.165, 1.54) is 5.56 Å². The highest BCUT2D eigenvalue weighted by molar-refractivity contribution is 5.97. The van der Waals surface area contributed by atoms with Gasteiger partial charge in [-0.2, -0.15) is 0 Å². The highest BCUT2D eigenvalue weighted by atomic mass is 16.5. The standard InChI is InChI=1S/C17H19NO2/c1-20-16-9-7-15(8-10-16)17(19)13-18-12-11-14-5-3-2-4-6-14/h2-10,18H,11-13H2,1H3. The maximum Gasteiger partial charge on any atom is 0.176 e. The summed E-state index contributed by atoms with van der Waals surface area (Å²) in [5.41, 5.74) is 1.98. The first kappa shape index (κ1) is 14.3. The molecule has 2 aromatic rings. The van der Waals surface area contributed by atoms with Crippen LogP contribution in [-0.2, 0) is 6.42 Å². The lowest BCUT2D eigenvalue weighted by Gasteiger charge is -2.05. The summed E-state index contributed by atoms with van der Waals surface area (Å²) in [6.45, 7) is 1.16. The van der Waals surface area contributed by atoms with Gasteiger partial charge < -0.3 is 10.1 Å². The van der Waals surface area contributed by atoms with E-state index < -0.39 is 0 Å². The van der Waals surface area contributed by atoms with E-state index in [1.54, 1.807) is 31.4 Å². The second kappa shape index (κ2) is 7.46. The zero-order valence-corrected chi connectivity index (χ0v) is 11.6. The van der Waals surface area contributed by atoms with Crippen molar-refractivity contribution in [2.24, 2.45) is 0 Å². The molecule has 0 fully saturated rings. The van der Waals surface area contributed by atoms with Crippen LogP contribution in [-0.4, -0.2) is 26.0 Å². The first-order valence-electron chi connectivity index (χ1n) is 6.71. The van der Waals surface area contributed by atoms with Gasteiger partial charge >= 0.3 is 0 Å². The van der Waals surface area contributed by atoms with Crippen LogP contribution in [0.15, 0.2) is 54.6 Å². The molecule has 104 valence electrons. The van der Waals surface area contributed by atoms with Gasteiger partial charge in [0.25, 0.3) is 0 Å². The third-order valence-corrected chi connectivity index (χ3v) is 3.13. The van der Waals surface area contributed by atoms with Crippen molar-refractivity contribution in [3.63, 3.8) is 0 Å². The Hall–Kier alpha value is -2.13. The summed E-state index contributed by atoms with van der Waals surface area (Å²) in [5, 5.41) is 3.18. The highest BCUT2D eigenvalue weighted by Gasteiger charge is 2.05. The summed E-state index contributed by atoms with van der Waals surface area (Å²) in [7, 11) is 1.61. The largest absolute Gasteiger partial charge is 0.497 e. The van der Waals surface area contributed by atoms with E-state index in [0.717, 1.165) is 18.7 Å². The summed E-state index contributed by atoms with van der Waals surface area (Å²) in [5.74, 6) is 0.860. The summed E-state index contributed by atoms with van der Waals surface area (Å²) in [6, 6.07) is 17.4. The Morgan fingerprint density at radius 1 is 1.05 bits per heavy atom. The number of ketones is 1. The van der Waals surface area contributed by atoms with Crippen LogP contribution in [0, 0.1) is 0 Å². The summed E-state index contributed by atoms with van der Waals surface area (Å²) >= 11 is 0. The van der Waals surface area contributed by atoms with Gasteiger partial charge in [0.15, 0.2) is 5.78 Å². The SMILES string of the molecule is COc1ccc(C(=O)CNCCc2ccccc2)cc1. The van der Waals surface area contributed by atoms with E-state index in [0.29, 0.717) is 12.1 Å². The van der Waals surface area contributed by atoms with E-state index in [2.05, 4.69) is 17.4 Å². The van der Waals surface area contributed by atoms with Gasteiger partial charge in [-0.1, -0.05) is 30.3 Å². The molecule has 3 heteroatoms. The molecular weight excluding hydrogens is 250 g/mol. The Morgan fingerprint density at radius 2 is 1.75 bits per heavy atom. The van der Waals surface area contributed by atoms with Crippen LogP contribution in [0.2, 0.25) is 0 Å². The topological polar surface area (TPSA) is 38.3 Å². The van der Waals surface area contributed by atoms with Gasteiger partial charge in [0.05, 0.1) is 13.7 Å². The highest BCUT2D eigenvalue weighted by Crippen LogP contribution is 2.11. The van der Waals surface area contributed by atoms with Crippen molar-refractivity contribution in [1.29, 1.82) is 0 Å². The molecule has 3 nitrogen and oxygen atoms in total. The molecule has 0 spiro atoms. The minimum Gasteiger partial charge on any atom is -0.497 e. The third-order valence-electron chi connectivity index (χ3n) is 3.13. The van der Waals surface area contributed by atoms with Crippen molar-refractivity contribution >= 4 is 5.78 Å². The van der Waals surface area contributed by atoms with Gasteiger partial charge in [0.2, 0.25) is 0 Å². The molecule has 0 amide bonds. The molecule has 0 aromatic heterocycles. The molecule has 1 N–H and O–H groups in total. The Labute approximate surface area is 119 Å². The number of Topliss-reactive ketones (excluding diaryl/α,β-unsaturated/α-hetero) is 1. The predicted octanol–water partition coefficient (Wildman–Crippen LogP) is 2.71. The number of hydrogen-bond acceptors (Lipinski definition) is 3. The fourth-order valence-electron chi connectivity index (χ4n) is 1.96. The van der Waals surface area contributed by atoms with Crippen molar-refractivity contribution < 1.29 is 9.53 Å². The Morgan fingerprint density at radius 3 is 2.40 bits per heavy atom. The van der Waals surface area contributed by atoms with Crippen molar-refractivity contribution in [3.8, 4) is 5.75 Å². The van der Waals surface area contributed by atoms with Gasteiger partial charge in [-0.15, -0.1) is 0 Å². The zero-order chi connectivity index (χ0) is 14.2. The predicted molar refractivity (Wildman–Crippen MR) is 80.3 cm³/mol. The maximum atomic E-state index is 12.0. The van der Waals surface area contributed by atoms with Crippen LogP contribution in [0.25, 0.3) is 0 Å². The third kappa shape index (κ3) is 4.21. The van der Waals surface area contributed by atoms with E-state index >= 15 is 0 Å². The molecule has 0 saturated carbocycles. The first-order chi connectivity index (χ1) is 9.79. The minimum atomic E-state index is 0.0979. The lowest BCUT2D eigenvalue weighted by atomic mass is 10.1. The lowest BCUT2D eigenvalue weighted by molar-refractivity contribution is 0.0991. The Kier molecular flexibility index (Phi) is 5.33. The molecule has 0 bridgehead atoms. The van der Waals surface area contributed by atoms with Crippen molar-refractivity contribution in [1.82, 2.24) is 5.32 Å². The van der Waals surface area contributed by atoms with Crippen molar-refractivity contribution in [3.05, 3.63) is 65.7 Å². The smallest absolute Gasteiger partial charge is 0.176 e. The zero-order valence-electron chi connectivity index (χ0n) is 11.6. The number of carbonyl (C=O) groups is 1. The minimum absolute atomic E-state index is 0.0979. The number of benzene rings is 2. The lowest BCUT2D eigenvalue weighted by Crippen LogP contribution is -2.25. The molecule has 0 saturated heterocycles. The molecule has 0 radical (unpaired) electrons. The molecule has 0 atom stereocenters. The number of nitrogens with one attached hydrogen (secondary N) is 1. The van der Waals surface area contributed by atoms with E-state index in [9.17, 15) is 4.79 Å². The molecule has 0 unspecified atom stereocenters. The van der Waals surface area contributed by atoms with Gasteiger partial charge in [-0.05, 0) is 42.8 Å². The van der Waals surface area contributed by atoms with Crippen LogP contribution in [0.5, 0.6) is 5.75 Å². The van der Waals surface area contributed by atoms with E-state index in [4.69, 9.17) is 4.74 Å². The normalized spacial score (nSPS) is 10.2.